The molecule has 6 nitrogen and oxygen atoms in total. The van der Waals surface area contributed by atoms with Crippen LogP contribution in [0.3, 0.4) is 0 Å². The molecule has 1 atom stereocenters. The largest absolute Gasteiger partial charge is 0.483 e. The van der Waals surface area contributed by atoms with Gasteiger partial charge in [-0.2, -0.15) is 0 Å². The Kier molecular flexibility index (Phi) is 5.91. The van der Waals surface area contributed by atoms with Gasteiger partial charge >= 0.3 is 0 Å². The van der Waals surface area contributed by atoms with Gasteiger partial charge in [-0.3, -0.25) is 4.79 Å². The highest BCUT2D eigenvalue weighted by Crippen LogP contribution is 2.23. The summed E-state index contributed by atoms with van der Waals surface area (Å²) < 4.78 is 7.74. The van der Waals surface area contributed by atoms with E-state index < -0.39 is 0 Å². The standard InChI is InChI=1S/C19H20N4O2S/c1-14(25-16-11-7-4-8-12-16)18-21-22-19(23(18)2)26-13-17(24)20-15-9-5-3-6-10-15/h3-12,14H,13H2,1-2H3,(H,20,24). The maximum atomic E-state index is 12.1. The number of rotatable bonds is 7. The van der Waals surface area contributed by atoms with Crippen molar-refractivity contribution in [3.63, 3.8) is 0 Å². The second-order valence-corrected chi connectivity index (χ2v) is 6.62. The van der Waals surface area contributed by atoms with E-state index in [1.54, 1.807) is 0 Å². The molecule has 1 heterocycles. The van der Waals surface area contributed by atoms with Crippen LogP contribution in [-0.4, -0.2) is 26.4 Å². The molecule has 3 rings (SSSR count). The minimum Gasteiger partial charge on any atom is -0.483 e. The summed E-state index contributed by atoms with van der Waals surface area (Å²) in [5.74, 6) is 1.66. The van der Waals surface area contributed by atoms with Gasteiger partial charge in [-0.05, 0) is 31.2 Å². The van der Waals surface area contributed by atoms with Gasteiger partial charge < -0.3 is 14.6 Å². The molecule has 7 heteroatoms. The van der Waals surface area contributed by atoms with E-state index >= 15 is 0 Å². The molecule has 0 saturated heterocycles. The minimum atomic E-state index is -0.248. The number of amides is 1. The van der Waals surface area contributed by atoms with E-state index in [2.05, 4.69) is 15.5 Å². The summed E-state index contributed by atoms with van der Waals surface area (Å²) in [6, 6.07) is 19.0. The van der Waals surface area contributed by atoms with Crippen LogP contribution in [0.15, 0.2) is 65.8 Å². The SMILES string of the molecule is CC(Oc1ccccc1)c1nnc(SCC(=O)Nc2ccccc2)n1C. The molecule has 0 radical (unpaired) electrons. The van der Waals surface area contributed by atoms with Gasteiger partial charge in [0, 0.05) is 12.7 Å². The zero-order chi connectivity index (χ0) is 18.4. The minimum absolute atomic E-state index is 0.0839. The Hall–Kier alpha value is -2.80. The molecule has 134 valence electrons. The molecule has 26 heavy (non-hydrogen) atoms. The average molecular weight is 368 g/mol. The second kappa shape index (κ2) is 8.53. The summed E-state index contributed by atoms with van der Waals surface area (Å²) >= 11 is 1.34. The van der Waals surface area contributed by atoms with E-state index in [4.69, 9.17) is 4.74 Å². The van der Waals surface area contributed by atoms with Crippen molar-refractivity contribution < 1.29 is 9.53 Å². The summed E-state index contributed by atoms with van der Waals surface area (Å²) in [6.45, 7) is 1.92. The molecule has 0 aliphatic rings. The van der Waals surface area contributed by atoms with Gasteiger partial charge in [0.05, 0.1) is 5.75 Å². The van der Waals surface area contributed by atoms with E-state index in [-0.39, 0.29) is 17.8 Å². The number of benzene rings is 2. The van der Waals surface area contributed by atoms with Gasteiger partial charge in [0.25, 0.3) is 0 Å². The molecule has 1 amide bonds. The summed E-state index contributed by atoms with van der Waals surface area (Å²) in [6.07, 6.45) is -0.248. The van der Waals surface area contributed by atoms with E-state index in [1.807, 2.05) is 79.2 Å². The highest BCUT2D eigenvalue weighted by Gasteiger charge is 2.18. The molecular formula is C19H20N4O2S. The molecule has 0 aliphatic heterocycles. The third-order valence-electron chi connectivity index (χ3n) is 3.68. The van der Waals surface area contributed by atoms with Crippen LogP contribution < -0.4 is 10.1 Å². The third-order valence-corrected chi connectivity index (χ3v) is 4.70. The normalized spacial score (nSPS) is 11.8. The zero-order valence-electron chi connectivity index (χ0n) is 14.6. The summed E-state index contributed by atoms with van der Waals surface area (Å²) in [4.78, 5) is 12.1. The number of nitrogens with one attached hydrogen (secondary N) is 1. The summed E-state index contributed by atoms with van der Waals surface area (Å²) in [5.41, 5.74) is 0.779. The molecule has 3 aromatic rings. The smallest absolute Gasteiger partial charge is 0.234 e. The number of thioether (sulfide) groups is 1. The molecule has 2 aromatic carbocycles. The number of para-hydroxylation sites is 2. The molecule has 0 fully saturated rings. The Balaban J connectivity index is 1.57. The van der Waals surface area contributed by atoms with Crippen LogP contribution in [0.5, 0.6) is 5.75 Å². The van der Waals surface area contributed by atoms with Gasteiger partial charge in [-0.25, -0.2) is 0 Å². The lowest BCUT2D eigenvalue weighted by atomic mass is 10.3. The maximum absolute atomic E-state index is 12.1. The molecule has 1 unspecified atom stereocenters. The van der Waals surface area contributed by atoms with Gasteiger partial charge in [-0.1, -0.05) is 48.2 Å². The predicted octanol–water partition coefficient (Wildman–Crippen LogP) is 3.69. The van der Waals surface area contributed by atoms with Crippen LogP contribution in [0.25, 0.3) is 0 Å². The van der Waals surface area contributed by atoms with Crippen LogP contribution in [0.4, 0.5) is 5.69 Å². The molecule has 0 bridgehead atoms. The number of hydrogen-bond acceptors (Lipinski definition) is 5. The van der Waals surface area contributed by atoms with Crippen molar-refractivity contribution in [3.05, 3.63) is 66.5 Å². The second-order valence-electron chi connectivity index (χ2n) is 5.68. The van der Waals surface area contributed by atoms with E-state index in [1.165, 1.54) is 11.8 Å². The molecule has 0 aliphatic carbocycles. The van der Waals surface area contributed by atoms with E-state index in [9.17, 15) is 4.79 Å². The average Bonchev–Trinajstić information content (AvgIpc) is 3.02. The Labute approximate surface area is 156 Å². The van der Waals surface area contributed by atoms with Crippen molar-refractivity contribution in [2.24, 2.45) is 7.05 Å². The maximum Gasteiger partial charge on any atom is 0.234 e. The molecule has 1 N–H and O–H groups in total. The first-order chi connectivity index (χ1) is 12.6. The Morgan fingerprint density at radius 1 is 1.12 bits per heavy atom. The van der Waals surface area contributed by atoms with Crippen LogP contribution in [0.2, 0.25) is 0 Å². The van der Waals surface area contributed by atoms with E-state index in [0.29, 0.717) is 11.0 Å². The first-order valence-corrected chi connectivity index (χ1v) is 9.20. The van der Waals surface area contributed by atoms with Crippen molar-refractivity contribution >= 4 is 23.4 Å². The fourth-order valence-electron chi connectivity index (χ4n) is 2.41. The Morgan fingerprint density at radius 3 is 2.46 bits per heavy atom. The predicted molar refractivity (Wildman–Crippen MR) is 102 cm³/mol. The number of ether oxygens (including phenoxy) is 1. The van der Waals surface area contributed by atoms with Crippen LogP contribution in [0.1, 0.15) is 18.9 Å². The molecule has 0 saturated carbocycles. The number of nitrogens with zero attached hydrogens (tertiary/aromatic N) is 3. The topological polar surface area (TPSA) is 69.0 Å². The van der Waals surface area contributed by atoms with Crippen LogP contribution in [-0.2, 0) is 11.8 Å². The molecular weight excluding hydrogens is 348 g/mol. The number of hydrogen-bond donors (Lipinski definition) is 1. The number of aromatic nitrogens is 3. The highest BCUT2D eigenvalue weighted by atomic mass is 32.2. The Morgan fingerprint density at radius 2 is 1.77 bits per heavy atom. The summed E-state index contributed by atoms with van der Waals surface area (Å²) in [7, 11) is 1.87. The lowest BCUT2D eigenvalue weighted by molar-refractivity contribution is -0.113. The number of anilines is 1. The fraction of sp³-hybridized carbons (Fsp3) is 0.211. The van der Waals surface area contributed by atoms with Gasteiger partial charge in [0.15, 0.2) is 17.1 Å². The van der Waals surface area contributed by atoms with Crippen molar-refractivity contribution in [2.45, 2.75) is 18.2 Å². The fourth-order valence-corrected chi connectivity index (χ4v) is 3.13. The quantitative estimate of drug-likeness (QED) is 0.644. The first kappa shape index (κ1) is 18.0. The van der Waals surface area contributed by atoms with Crippen LogP contribution in [0, 0.1) is 0 Å². The molecule has 0 spiro atoms. The van der Waals surface area contributed by atoms with Crippen molar-refractivity contribution in [1.82, 2.24) is 14.8 Å². The zero-order valence-corrected chi connectivity index (χ0v) is 15.4. The van der Waals surface area contributed by atoms with Crippen LogP contribution >= 0.6 is 11.8 Å². The monoisotopic (exact) mass is 368 g/mol. The lowest BCUT2D eigenvalue weighted by Crippen LogP contribution is -2.14. The van der Waals surface area contributed by atoms with Gasteiger partial charge in [-0.15, -0.1) is 10.2 Å². The third kappa shape index (κ3) is 4.64. The van der Waals surface area contributed by atoms with Crippen molar-refractivity contribution in [3.8, 4) is 5.75 Å². The molecule has 1 aromatic heterocycles. The van der Waals surface area contributed by atoms with Crippen molar-refractivity contribution in [1.29, 1.82) is 0 Å². The lowest BCUT2D eigenvalue weighted by Gasteiger charge is -2.14. The first-order valence-electron chi connectivity index (χ1n) is 8.22. The number of carbonyl (C=O) groups is 1. The summed E-state index contributed by atoms with van der Waals surface area (Å²) in [5, 5.41) is 11.9. The number of carbonyl (C=O) groups excluding carboxylic acids is 1. The van der Waals surface area contributed by atoms with Crippen molar-refractivity contribution in [2.75, 3.05) is 11.1 Å². The van der Waals surface area contributed by atoms with E-state index in [0.717, 1.165) is 11.4 Å². The Bertz CT molecular complexity index is 852. The van der Waals surface area contributed by atoms with Gasteiger partial charge in [0.1, 0.15) is 5.75 Å². The highest BCUT2D eigenvalue weighted by molar-refractivity contribution is 7.99. The van der Waals surface area contributed by atoms with Gasteiger partial charge in [0.2, 0.25) is 5.91 Å².